The lowest BCUT2D eigenvalue weighted by Crippen LogP contribution is -2.39. The third kappa shape index (κ3) is 3.53. The Kier molecular flexibility index (Phi) is 5.33. The lowest BCUT2D eigenvalue weighted by Gasteiger charge is -2.29. The highest BCUT2D eigenvalue weighted by molar-refractivity contribution is 7.71. The molecule has 2 heterocycles. The predicted molar refractivity (Wildman–Crippen MR) is 95.5 cm³/mol. The lowest BCUT2D eigenvalue weighted by atomic mass is 10.1. The molecule has 0 amide bonds. The van der Waals surface area contributed by atoms with E-state index in [2.05, 4.69) is 11.8 Å². The molecule has 0 spiro atoms. The molecule has 1 aromatic carbocycles. The zero-order chi connectivity index (χ0) is 17.1. The number of aliphatic hydroxyl groups is 1. The van der Waals surface area contributed by atoms with Crippen molar-refractivity contribution >= 4 is 12.2 Å². The smallest absolute Gasteiger partial charge is 0.199 e. The number of hydrogen-bond donors (Lipinski definition) is 1. The second-order valence-corrected chi connectivity index (χ2v) is 6.46. The normalized spacial score (nSPS) is 18.7. The van der Waals surface area contributed by atoms with Crippen LogP contribution in [0.3, 0.4) is 0 Å². The van der Waals surface area contributed by atoms with Crippen molar-refractivity contribution in [3.63, 3.8) is 0 Å². The van der Waals surface area contributed by atoms with Crippen LogP contribution in [0.4, 0.5) is 0 Å². The summed E-state index contributed by atoms with van der Waals surface area (Å²) >= 11 is 5.61. The Bertz CT molecular complexity index is 738. The van der Waals surface area contributed by atoms with Gasteiger partial charge in [-0.2, -0.15) is 5.10 Å². The molecule has 1 saturated heterocycles. The first-order valence-electron chi connectivity index (χ1n) is 8.35. The number of aliphatic hydroxyl groups excluding tert-OH is 1. The van der Waals surface area contributed by atoms with Gasteiger partial charge < -0.3 is 14.4 Å². The number of methoxy groups -OCH3 is 1. The molecule has 0 bridgehead atoms. The highest BCUT2D eigenvalue weighted by Gasteiger charge is 2.19. The van der Waals surface area contributed by atoms with Crippen molar-refractivity contribution in [3.05, 3.63) is 29.0 Å². The van der Waals surface area contributed by atoms with E-state index in [1.54, 1.807) is 7.11 Å². The topological polar surface area (TPSA) is 55.5 Å². The standard InChI is InChI=1S/C17H24N4O2S/c1-3-20-16(13-6-8-15(23-2)9-7-13)18-21(17(20)24)12-19-10-4-5-14(22)11-19/h6-9,14,22H,3-5,10-12H2,1-2H3/t14-/m0/s1. The Morgan fingerprint density at radius 1 is 1.33 bits per heavy atom. The van der Waals surface area contributed by atoms with Crippen LogP contribution < -0.4 is 4.74 Å². The van der Waals surface area contributed by atoms with Gasteiger partial charge >= 0.3 is 0 Å². The van der Waals surface area contributed by atoms with Crippen molar-refractivity contribution in [2.24, 2.45) is 0 Å². The molecule has 0 unspecified atom stereocenters. The van der Waals surface area contributed by atoms with Gasteiger partial charge in [0.05, 0.1) is 19.9 Å². The van der Waals surface area contributed by atoms with Crippen molar-refractivity contribution in [1.82, 2.24) is 19.2 Å². The fourth-order valence-corrected chi connectivity index (χ4v) is 3.43. The molecule has 6 nitrogen and oxygen atoms in total. The molecule has 2 aromatic rings. The average molecular weight is 348 g/mol. The summed E-state index contributed by atoms with van der Waals surface area (Å²) in [4.78, 5) is 2.20. The minimum absolute atomic E-state index is 0.248. The Morgan fingerprint density at radius 2 is 2.08 bits per heavy atom. The van der Waals surface area contributed by atoms with Crippen LogP contribution in [0.1, 0.15) is 19.8 Å². The first-order valence-corrected chi connectivity index (χ1v) is 8.75. The average Bonchev–Trinajstić information content (AvgIpc) is 2.91. The molecule has 0 radical (unpaired) electrons. The maximum Gasteiger partial charge on any atom is 0.199 e. The van der Waals surface area contributed by atoms with E-state index in [-0.39, 0.29) is 6.10 Å². The zero-order valence-electron chi connectivity index (χ0n) is 14.2. The number of β-amino-alcohol motifs (C(OH)–C–C–N with tert-alkyl or cyclic N) is 1. The molecule has 1 aliphatic heterocycles. The van der Waals surface area contributed by atoms with Gasteiger partial charge in [-0.3, -0.25) is 4.90 Å². The van der Waals surface area contributed by atoms with Gasteiger partial charge in [0.25, 0.3) is 0 Å². The molecule has 1 aromatic heterocycles. The number of likely N-dealkylation sites (tertiary alicyclic amines) is 1. The van der Waals surface area contributed by atoms with E-state index in [1.165, 1.54) is 0 Å². The molecular formula is C17H24N4O2S. The zero-order valence-corrected chi connectivity index (χ0v) is 15.0. The Morgan fingerprint density at radius 3 is 2.71 bits per heavy atom. The summed E-state index contributed by atoms with van der Waals surface area (Å²) in [5, 5.41) is 14.6. The van der Waals surface area contributed by atoms with E-state index < -0.39 is 0 Å². The minimum atomic E-state index is -0.248. The van der Waals surface area contributed by atoms with Gasteiger partial charge in [-0.25, -0.2) is 4.68 Å². The Labute approximate surface area is 147 Å². The predicted octanol–water partition coefficient (Wildman–Crippen LogP) is 2.52. The monoisotopic (exact) mass is 348 g/mol. The molecule has 0 aliphatic carbocycles. The number of ether oxygens (including phenoxy) is 1. The van der Waals surface area contributed by atoms with Gasteiger partial charge in [-0.1, -0.05) is 0 Å². The van der Waals surface area contributed by atoms with Crippen molar-refractivity contribution in [2.45, 2.75) is 39.1 Å². The maximum atomic E-state index is 9.85. The molecule has 130 valence electrons. The van der Waals surface area contributed by atoms with Crippen LogP contribution in [-0.2, 0) is 13.2 Å². The summed E-state index contributed by atoms with van der Waals surface area (Å²) in [6.07, 6.45) is 1.64. The Hall–Kier alpha value is -1.70. The van der Waals surface area contributed by atoms with Gasteiger partial charge in [-0.05, 0) is 56.2 Å². The van der Waals surface area contributed by atoms with Crippen molar-refractivity contribution in [3.8, 4) is 17.1 Å². The van der Waals surface area contributed by atoms with Gasteiger partial charge in [0.15, 0.2) is 10.6 Å². The van der Waals surface area contributed by atoms with Crippen LogP contribution >= 0.6 is 12.2 Å². The molecule has 7 heteroatoms. The fraction of sp³-hybridized carbons (Fsp3) is 0.529. The third-order valence-electron chi connectivity index (χ3n) is 4.40. The highest BCUT2D eigenvalue weighted by Crippen LogP contribution is 2.22. The summed E-state index contributed by atoms with van der Waals surface area (Å²) < 4.78 is 9.83. The van der Waals surface area contributed by atoms with Crippen LogP contribution in [0.5, 0.6) is 5.75 Å². The van der Waals surface area contributed by atoms with E-state index in [9.17, 15) is 5.11 Å². The molecule has 0 saturated carbocycles. The molecule has 24 heavy (non-hydrogen) atoms. The molecule has 1 fully saturated rings. The molecule has 3 rings (SSSR count). The van der Waals surface area contributed by atoms with Crippen LogP contribution in [0.2, 0.25) is 0 Å². The van der Waals surface area contributed by atoms with Crippen LogP contribution in [0.25, 0.3) is 11.4 Å². The van der Waals surface area contributed by atoms with E-state index in [4.69, 9.17) is 22.1 Å². The molecule has 1 N–H and O–H groups in total. The first kappa shape index (κ1) is 17.1. The van der Waals surface area contributed by atoms with E-state index in [0.29, 0.717) is 18.0 Å². The summed E-state index contributed by atoms with van der Waals surface area (Å²) in [6, 6.07) is 7.85. The van der Waals surface area contributed by atoms with Gasteiger partial charge in [0.2, 0.25) is 0 Å². The van der Waals surface area contributed by atoms with E-state index in [0.717, 1.165) is 43.1 Å². The number of nitrogens with zero attached hydrogens (tertiary/aromatic N) is 4. The number of piperidine rings is 1. The summed E-state index contributed by atoms with van der Waals surface area (Å²) in [7, 11) is 1.66. The number of rotatable bonds is 5. The maximum absolute atomic E-state index is 9.85. The number of aromatic nitrogens is 3. The number of hydrogen-bond acceptors (Lipinski definition) is 5. The Balaban J connectivity index is 1.88. The summed E-state index contributed by atoms with van der Waals surface area (Å²) in [6.45, 7) is 5.10. The van der Waals surface area contributed by atoms with Crippen LogP contribution in [-0.4, -0.2) is 50.7 Å². The quantitative estimate of drug-likeness (QED) is 0.842. The van der Waals surface area contributed by atoms with Crippen molar-refractivity contribution < 1.29 is 9.84 Å². The summed E-state index contributed by atoms with van der Waals surface area (Å²) in [5.74, 6) is 1.69. The van der Waals surface area contributed by atoms with Crippen LogP contribution in [0.15, 0.2) is 24.3 Å². The molecule has 1 atom stereocenters. The first-order chi connectivity index (χ1) is 11.6. The fourth-order valence-electron chi connectivity index (χ4n) is 3.12. The largest absolute Gasteiger partial charge is 0.497 e. The van der Waals surface area contributed by atoms with Gasteiger partial charge in [-0.15, -0.1) is 0 Å². The second kappa shape index (κ2) is 7.46. The SMILES string of the molecule is CCn1c(-c2ccc(OC)cc2)nn(CN2CCC[C@H](O)C2)c1=S. The van der Waals surface area contributed by atoms with Gasteiger partial charge in [0.1, 0.15) is 5.75 Å². The third-order valence-corrected chi connectivity index (χ3v) is 4.83. The van der Waals surface area contributed by atoms with Gasteiger partial charge in [0, 0.05) is 25.2 Å². The van der Waals surface area contributed by atoms with E-state index in [1.807, 2.05) is 33.5 Å². The van der Waals surface area contributed by atoms with Crippen molar-refractivity contribution in [2.75, 3.05) is 20.2 Å². The molecule has 1 aliphatic rings. The van der Waals surface area contributed by atoms with E-state index >= 15 is 0 Å². The molecular weight excluding hydrogens is 324 g/mol. The highest BCUT2D eigenvalue weighted by atomic mass is 32.1. The number of benzene rings is 1. The second-order valence-electron chi connectivity index (χ2n) is 6.09. The van der Waals surface area contributed by atoms with Crippen molar-refractivity contribution in [1.29, 1.82) is 0 Å². The van der Waals surface area contributed by atoms with Crippen LogP contribution in [0, 0.1) is 4.77 Å². The summed E-state index contributed by atoms with van der Waals surface area (Å²) in [5.41, 5.74) is 1.01. The minimum Gasteiger partial charge on any atom is -0.497 e. The lowest BCUT2D eigenvalue weighted by molar-refractivity contribution is 0.0513.